The van der Waals surface area contributed by atoms with Gasteiger partial charge in [-0.2, -0.15) is 0 Å². The standard InChI is InChI=1S/C30H34O3/c1-3-32-28-17-19-29(20-18-28)33-30(31)27-15-13-26(14-16-27)25-11-9-23(10-12-25)21-22(2)24-7-5-4-6-8-24/h4-8,13-20,22-23,25H,3,9-12,21H2,1-2H3. The molecule has 0 saturated heterocycles. The first kappa shape index (κ1) is 23.1. The zero-order valence-corrected chi connectivity index (χ0v) is 19.7. The van der Waals surface area contributed by atoms with E-state index in [1.54, 1.807) is 12.1 Å². The Bertz CT molecular complexity index is 1000. The van der Waals surface area contributed by atoms with Crippen molar-refractivity contribution >= 4 is 5.97 Å². The number of hydrogen-bond donors (Lipinski definition) is 0. The zero-order valence-electron chi connectivity index (χ0n) is 19.7. The lowest BCUT2D eigenvalue weighted by Gasteiger charge is -2.30. The number of rotatable bonds is 8. The van der Waals surface area contributed by atoms with E-state index in [-0.39, 0.29) is 5.97 Å². The van der Waals surface area contributed by atoms with Crippen LogP contribution in [0.25, 0.3) is 0 Å². The second-order valence-electron chi connectivity index (χ2n) is 9.18. The first-order valence-electron chi connectivity index (χ1n) is 12.2. The van der Waals surface area contributed by atoms with E-state index in [4.69, 9.17) is 9.47 Å². The minimum atomic E-state index is -0.329. The van der Waals surface area contributed by atoms with Crippen LogP contribution >= 0.6 is 0 Å². The van der Waals surface area contributed by atoms with Crippen molar-refractivity contribution in [3.05, 3.63) is 95.6 Å². The summed E-state index contributed by atoms with van der Waals surface area (Å²) < 4.78 is 10.9. The average molecular weight is 443 g/mol. The largest absolute Gasteiger partial charge is 0.494 e. The molecule has 4 rings (SSSR count). The summed E-state index contributed by atoms with van der Waals surface area (Å²) in [7, 11) is 0. The van der Waals surface area contributed by atoms with Gasteiger partial charge in [0.05, 0.1) is 12.2 Å². The van der Waals surface area contributed by atoms with Crippen LogP contribution in [-0.4, -0.2) is 12.6 Å². The maximum atomic E-state index is 12.5. The second kappa shape index (κ2) is 11.2. The third-order valence-electron chi connectivity index (χ3n) is 6.87. The number of benzene rings is 3. The van der Waals surface area contributed by atoms with E-state index in [1.165, 1.54) is 43.2 Å². The van der Waals surface area contributed by atoms with Gasteiger partial charge in [-0.1, -0.05) is 49.4 Å². The molecule has 0 amide bonds. The van der Waals surface area contributed by atoms with Gasteiger partial charge in [0.1, 0.15) is 11.5 Å². The molecule has 3 aromatic carbocycles. The van der Waals surface area contributed by atoms with E-state index in [2.05, 4.69) is 49.4 Å². The molecule has 1 aliphatic carbocycles. The molecule has 0 aliphatic heterocycles. The number of carbonyl (C=O) groups is 1. The molecule has 0 radical (unpaired) electrons. The fourth-order valence-corrected chi connectivity index (χ4v) is 4.98. The van der Waals surface area contributed by atoms with Crippen molar-refractivity contribution < 1.29 is 14.3 Å². The fourth-order valence-electron chi connectivity index (χ4n) is 4.98. The van der Waals surface area contributed by atoms with Crippen molar-refractivity contribution in [2.45, 2.75) is 57.8 Å². The van der Waals surface area contributed by atoms with E-state index in [9.17, 15) is 4.79 Å². The summed E-state index contributed by atoms with van der Waals surface area (Å²) in [6, 6.07) is 26.0. The van der Waals surface area contributed by atoms with Crippen LogP contribution in [0.5, 0.6) is 11.5 Å². The molecular weight excluding hydrogens is 408 g/mol. The van der Waals surface area contributed by atoms with Gasteiger partial charge in [0.25, 0.3) is 0 Å². The number of carbonyl (C=O) groups excluding carboxylic acids is 1. The molecule has 3 aromatic rings. The van der Waals surface area contributed by atoms with Crippen LogP contribution in [0.2, 0.25) is 0 Å². The normalized spacial score (nSPS) is 19.0. The lowest BCUT2D eigenvalue weighted by Crippen LogP contribution is -2.15. The van der Waals surface area contributed by atoms with Gasteiger partial charge in [-0.25, -0.2) is 4.79 Å². The molecule has 0 heterocycles. The second-order valence-corrected chi connectivity index (χ2v) is 9.18. The molecule has 1 fully saturated rings. The third kappa shape index (κ3) is 6.25. The molecule has 3 nitrogen and oxygen atoms in total. The summed E-state index contributed by atoms with van der Waals surface area (Å²) in [5.74, 6) is 2.98. The summed E-state index contributed by atoms with van der Waals surface area (Å²) in [6.45, 7) is 4.91. The SMILES string of the molecule is CCOc1ccc(OC(=O)c2ccc(C3CCC(CC(C)c4ccccc4)CC3)cc2)cc1. The number of hydrogen-bond acceptors (Lipinski definition) is 3. The highest BCUT2D eigenvalue weighted by molar-refractivity contribution is 5.91. The van der Waals surface area contributed by atoms with Gasteiger partial charge in [-0.15, -0.1) is 0 Å². The van der Waals surface area contributed by atoms with E-state index < -0.39 is 0 Å². The predicted molar refractivity (Wildman–Crippen MR) is 133 cm³/mol. The van der Waals surface area contributed by atoms with Gasteiger partial charge < -0.3 is 9.47 Å². The van der Waals surface area contributed by atoms with E-state index in [0.29, 0.717) is 29.8 Å². The predicted octanol–water partition coefficient (Wildman–Crippen LogP) is 7.77. The summed E-state index contributed by atoms with van der Waals surface area (Å²) in [6.07, 6.45) is 6.28. The first-order chi connectivity index (χ1) is 16.1. The molecule has 0 N–H and O–H groups in total. The molecule has 33 heavy (non-hydrogen) atoms. The topological polar surface area (TPSA) is 35.5 Å². The van der Waals surface area contributed by atoms with E-state index in [0.717, 1.165) is 11.7 Å². The van der Waals surface area contributed by atoms with Crippen LogP contribution in [0.15, 0.2) is 78.9 Å². The monoisotopic (exact) mass is 442 g/mol. The number of esters is 1. The van der Waals surface area contributed by atoms with Crippen molar-refractivity contribution in [3.63, 3.8) is 0 Å². The van der Waals surface area contributed by atoms with E-state index >= 15 is 0 Å². The minimum absolute atomic E-state index is 0.329. The fraction of sp³-hybridized carbons (Fsp3) is 0.367. The molecule has 1 saturated carbocycles. The Kier molecular flexibility index (Phi) is 7.83. The van der Waals surface area contributed by atoms with Crippen LogP contribution in [0.3, 0.4) is 0 Å². The summed E-state index contributed by atoms with van der Waals surface area (Å²) in [4.78, 5) is 12.5. The molecule has 0 aromatic heterocycles. The molecule has 1 atom stereocenters. The summed E-state index contributed by atoms with van der Waals surface area (Å²) >= 11 is 0. The Hall–Kier alpha value is -3.07. The van der Waals surface area contributed by atoms with Gasteiger partial charge in [0.15, 0.2) is 0 Å². The van der Waals surface area contributed by atoms with Crippen LogP contribution in [0, 0.1) is 5.92 Å². The first-order valence-corrected chi connectivity index (χ1v) is 12.2. The molecule has 0 spiro atoms. The Morgan fingerprint density at radius 3 is 2.12 bits per heavy atom. The molecule has 1 unspecified atom stereocenters. The summed E-state index contributed by atoms with van der Waals surface area (Å²) in [5.41, 5.74) is 3.37. The highest BCUT2D eigenvalue weighted by Crippen LogP contribution is 2.39. The minimum Gasteiger partial charge on any atom is -0.494 e. The van der Waals surface area contributed by atoms with Crippen molar-refractivity contribution in [1.82, 2.24) is 0 Å². The molecule has 1 aliphatic rings. The van der Waals surface area contributed by atoms with Crippen molar-refractivity contribution in [1.29, 1.82) is 0 Å². The van der Waals surface area contributed by atoms with Crippen molar-refractivity contribution in [2.24, 2.45) is 5.92 Å². The molecule has 0 bridgehead atoms. The Balaban J connectivity index is 1.27. The quantitative estimate of drug-likeness (QED) is 0.264. The Morgan fingerprint density at radius 2 is 1.48 bits per heavy atom. The zero-order chi connectivity index (χ0) is 23.0. The Labute approximate surface area is 197 Å². The third-order valence-corrected chi connectivity index (χ3v) is 6.87. The van der Waals surface area contributed by atoms with Crippen LogP contribution in [0.4, 0.5) is 0 Å². The van der Waals surface area contributed by atoms with Crippen molar-refractivity contribution in [3.8, 4) is 11.5 Å². The Morgan fingerprint density at radius 1 is 0.848 bits per heavy atom. The van der Waals surface area contributed by atoms with Crippen LogP contribution in [-0.2, 0) is 0 Å². The molecular formula is C30H34O3. The maximum Gasteiger partial charge on any atom is 0.343 e. The van der Waals surface area contributed by atoms with Gasteiger partial charge in [0.2, 0.25) is 0 Å². The highest BCUT2D eigenvalue weighted by Gasteiger charge is 2.24. The lowest BCUT2D eigenvalue weighted by atomic mass is 9.75. The summed E-state index contributed by atoms with van der Waals surface area (Å²) in [5, 5.41) is 0. The van der Waals surface area contributed by atoms with Gasteiger partial charge in [-0.3, -0.25) is 0 Å². The maximum absolute atomic E-state index is 12.5. The van der Waals surface area contributed by atoms with Gasteiger partial charge in [0, 0.05) is 0 Å². The van der Waals surface area contributed by atoms with Gasteiger partial charge in [-0.05, 0) is 104 Å². The highest BCUT2D eigenvalue weighted by atomic mass is 16.5. The van der Waals surface area contributed by atoms with Crippen LogP contribution in [0.1, 0.15) is 79.3 Å². The van der Waals surface area contributed by atoms with Crippen molar-refractivity contribution in [2.75, 3.05) is 6.61 Å². The smallest absolute Gasteiger partial charge is 0.343 e. The average Bonchev–Trinajstić information content (AvgIpc) is 2.86. The van der Waals surface area contributed by atoms with Crippen LogP contribution < -0.4 is 9.47 Å². The lowest BCUT2D eigenvalue weighted by molar-refractivity contribution is 0.0734. The number of ether oxygens (including phenoxy) is 2. The van der Waals surface area contributed by atoms with Gasteiger partial charge >= 0.3 is 5.97 Å². The molecule has 3 heteroatoms. The molecule has 172 valence electrons. The van der Waals surface area contributed by atoms with E-state index in [1.807, 2.05) is 31.2 Å².